The smallest absolute Gasteiger partial charge is 0.349 e. The molecule has 23 heavy (non-hydrogen) atoms. The predicted molar refractivity (Wildman–Crippen MR) is 91.9 cm³/mol. The van der Waals surface area contributed by atoms with E-state index in [4.69, 9.17) is 4.42 Å². The highest BCUT2D eigenvalue weighted by Crippen LogP contribution is 2.27. The maximum absolute atomic E-state index is 12.3. The van der Waals surface area contributed by atoms with Crippen LogP contribution in [0.15, 0.2) is 15.3 Å². The normalized spacial score (nSPS) is 16.5. The summed E-state index contributed by atoms with van der Waals surface area (Å²) < 4.78 is 5.39. The van der Waals surface area contributed by atoms with Crippen LogP contribution in [0.4, 0.5) is 0 Å². The van der Waals surface area contributed by atoms with E-state index in [1.807, 2.05) is 19.9 Å². The first kappa shape index (κ1) is 17.8. The highest BCUT2D eigenvalue weighted by atomic mass is 16.4. The number of rotatable bonds is 7. The van der Waals surface area contributed by atoms with Crippen LogP contribution in [0.2, 0.25) is 0 Å². The number of carbonyl (C=O) groups excluding carboxylic acids is 1. The van der Waals surface area contributed by atoms with E-state index in [1.54, 1.807) is 0 Å². The first-order chi connectivity index (χ1) is 11.0. The molecule has 1 N–H and O–H groups in total. The Morgan fingerprint density at radius 2 is 2.09 bits per heavy atom. The molecule has 0 bridgehead atoms. The van der Waals surface area contributed by atoms with E-state index in [0.717, 1.165) is 25.2 Å². The third kappa shape index (κ3) is 4.69. The minimum Gasteiger partial charge on any atom is -0.427 e. The van der Waals surface area contributed by atoms with Gasteiger partial charge in [0.05, 0.1) is 0 Å². The highest BCUT2D eigenvalue weighted by Gasteiger charge is 2.20. The Morgan fingerprint density at radius 3 is 2.70 bits per heavy atom. The Balaban J connectivity index is 2.00. The van der Waals surface area contributed by atoms with Crippen molar-refractivity contribution in [3.63, 3.8) is 0 Å². The van der Waals surface area contributed by atoms with Crippen LogP contribution in [0, 0.1) is 12.8 Å². The first-order valence-corrected chi connectivity index (χ1v) is 8.95. The second kappa shape index (κ2) is 8.32. The van der Waals surface area contributed by atoms with E-state index in [0.29, 0.717) is 17.9 Å². The fraction of sp³-hybridized carbons (Fsp3) is 0.684. The molecule has 1 atom stereocenters. The summed E-state index contributed by atoms with van der Waals surface area (Å²) in [5.41, 5.74) is 0.350. The fourth-order valence-corrected chi connectivity index (χ4v) is 3.50. The molecule has 1 fully saturated rings. The summed E-state index contributed by atoms with van der Waals surface area (Å²) in [4.78, 5) is 24.5. The number of hydrogen-bond acceptors (Lipinski definition) is 3. The van der Waals surface area contributed by atoms with Crippen LogP contribution in [0.3, 0.4) is 0 Å². The Hall–Kier alpha value is -1.58. The van der Waals surface area contributed by atoms with Crippen LogP contribution < -0.4 is 10.9 Å². The minimum atomic E-state index is -0.513. The molecule has 0 aliphatic heterocycles. The van der Waals surface area contributed by atoms with Gasteiger partial charge < -0.3 is 9.73 Å². The quantitative estimate of drug-likeness (QED) is 0.821. The summed E-state index contributed by atoms with van der Waals surface area (Å²) in [6, 6.07) is 1.84. The molecule has 1 aromatic rings. The van der Waals surface area contributed by atoms with Crippen molar-refractivity contribution in [3.05, 3.63) is 33.4 Å². The van der Waals surface area contributed by atoms with Crippen LogP contribution in [0.25, 0.3) is 0 Å². The lowest BCUT2D eigenvalue weighted by Gasteiger charge is -2.13. The summed E-state index contributed by atoms with van der Waals surface area (Å²) in [6.45, 7) is 6.59. The lowest BCUT2D eigenvalue weighted by atomic mass is 10.0. The van der Waals surface area contributed by atoms with Gasteiger partial charge in [0.1, 0.15) is 11.3 Å². The van der Waals surface area contributed by atoms with Crippen molar-refractivity contribution in [2.45, 2.75) is 71.6 Å². The van der Waals surface area contributed by atoms with Gasteiger partial charge in [-0.1, -0.05) is 46.0 Å². The van der Waals surface area contributed by atoms with Crippen LogP contribution in [-0.2, 0) is 0 Å². The van der Waals surface area contributed by atoms with Crippen molar-refractivity contribution in [1.29, 1.82) is 0 Å². The molecule has 2 rings (SSSR count). The molecule has 0 spiro atoms. The van der Waals surface area contributed by atoms with Crippen LogP contribution in [-0.4, -0.2) is 12.5 Å². The number of hydrogen-bond donors (Lipinski definition) is 1. The number of carbonyl (C=O) groups is 1. The maximum atomic E-state index is 12.3. The molecule has 1 aliphatic rings. The Morgan fingerprint density at radius 1 is 1.39 bits per heavy atom. The van der Waals surface area contributed by atoms with Crippen molar-refractivity contribution >= 4 is 5.91 Å². The Labute approximate surface area is 138 Å². The van der Waals surface area contributed by atoms with Gasteiger partial charge in [-0.25, -0.2) is 4.79 Å². The average molecular weight is 319 g/mol. The zero-order chi connectivity index (χ0) is 16.8. The summed E-state index contributed by atoms with van der Waals surface area (Å²) in [7, 11) is 0. The number of aryl methyl sites for hydroxylation is 1. The summed E-state index contributed by atoms with van der Waals surface area (Å²) in [5, 5.41) is 2.88. The summed E-state index contributed by atoms with van der Waals surface area (Å²) >= 11 is 0. The second-order valence-electron chi connectivity index (χ2n) is 6.88. The monoisotopic (exact) mass is 319 g/mol. The zero-order valence-corrected chi connectivity index (χ0v) is 14.6. The molecule has 1 aromatic heterocycles. The van der Waals surface area contributed by atoms with Crippen molar-refractivity contribution in [3.8, 4) is 0 Å². The van der Waals surface area contributed by atoms with Crippen molar-refractivity contribution in [2.24, 2.45) is 5.92 Å². The molecule has 1 unspecified atom stereocenters. The molecule has 1 heterocycles. The van der Waals surface area contributed by atoms with Crippen molar-refractivity contribution < 1.29 is 9.21 Å². The van der Waals surface area contributed by atoms with Gasteiger partial charge in [0.25, 0.3) is 5.91 Å². The topological polar surface area (TPSA) is 59.3 Å². The molecule has 0 saturated heterocycles. The lowest BCUT2D eigenvalue weighted by Crippen LogP contribution is -2.31. The van der Waals surface area contributed by atoms with Gasteiger partial charge in [0.2, 0.25) is 0 Å². The Kier molecular flexibility index (Phi) is 6.43. The summed E-state index contributed by atoms with van der Waals surface area (Å²) in [5.74, 6) is 1.30. The average Bonchev–Trinajstić information content (AvgIpc) is 3.00. The minimum absolute atomic E-state index is 0.156. The maximum Gasteiger partial charge on any atom is 0.349 e. The predicted octanol–water partition coefficient (Wildman–Crippen LogP) is 4.16. The molecular weight excluding hydrogens is 290 g/mol. The van der Waals surface area contributed by atoms with Crippen LogP contribution in [0.1, 0.15) is 86.4 Å². The van der Waals surface area contributed by atoms with E-state index in [-0.39, 0.29) is 17.4 Å². The third-order valence-corrected chi connectivity index (χ3v) is 4.92. The van der Waals surface area contributed by atoms with E-state index in [2.05, 4.69) is 12.2 Å². The molecule has 1 amide bonds. The largest absolute Gasteiger partial charge is 0.427 e. The molecule has 1 saturated carbocycles. The van der Waals surface area contributed by atoms with Crippen molar-refractivity contribution in [2.75, 3.05) is 6.54 Å². The third-order valence-electron chi connectivity index (χ3n) is 4.92. The van der Waals surface area contributed by atoms with Gasteiger partial charge in [-0.2, -0.15) is 0 Å². The Bertz CT molecular complexity index is 585. The molecule has 128 valence electrons. The standard InChI is InChI=1S/C19H29NO3/c1-4-7-13(2)16-12-14(3)17(19(22)23-16)18(21)20-11-10-15-8-5-6-9-15/h12-13,15H,4-11H2,1-3H3,(H,20,21). The lowest BCUT2D eigenvalue weighted by molar-refractivity contribution is 0.0946. The van der Waals surface area contributed by atoms with E-state index in [1.165, 1.54) is 25.7 Å². The molecule has 4 heteroatoms. The summed E-state index contributed by atoms with van der Waals surface area (Å²) in [6.07, 6.45) is 8.14. The highest BCUT2D eigenvalue weighted by molar-refractivity contribution is 5.95. The molecule has 4 nitrogen and oxygen atoms in total. The van der Waals surface area contributed by atoms with Gasteiger partial charge in [-0.05, 0) is 37.3 Å². The SMILES string of the molecule is CCCC(C)c1cc(C)c(C(=O)NCCC2CCCC2)c(=O)o1. The van der Waals surface area contributed by atoms with Crippen molar-refractivity contribution in [1.82, 2.24) is 5.32 Å². The molecule has 0 radical (unpaired) electrons. The van der Waals surface area contributed by atoms with Gasteiger partial charge in [0, 0.05) is 12.5 Å². The van der Waals surface area contributed by atoms with Crippen LogP contribution >= 0.6 is 0 Å². The molecule has 0 aromatic carbocycles. The fourth-order valence-electron chi connectivity index (χ4n) is 3.50. The van der Waals surface area contributed by atoms with Gasteiger partial charge >= 0.3 is 5.63 Å². The number of amides is 1. The van der Waals surface area contributed by atoms with Crippen LogP contribution in [0.5, 0.6) is 0 Å². The molecular formula is C19H29NO3. The number of nitrogens with one attached hydrogen (secondary N) is 1. The zero-order valence-electron chi connectivity index (χ0n) is 14.6. The first-order valence-electron chi connectivity index (χ1n) is 8.95. The second-order valence-corrected chi connectivity index (χ2v) is 6.88. The van der Waals surface area contributed by atoms with Gasteiger partial charge in [-0.3, -0.25) is 4.79 Å². The van der Waals surface area contributed by atoms with E-state index < -0.39 is 5.63 Å². The van der Waals surface area contributed by atoms with Gasteiger partial charge in [0.15, 0.2) is 0 Å². The van der Waals surface area contributed by atoms with Gasteiger partial charge in [-0.15, -0.1) is 0 Å². The van der Waals surface area contributed by atoms with E-state index >= 15 is 0 Å². The van der Waals surface area contributed by atoms with E-state index in [9.17, 15) is 9.59 Å². The molecule has 1 aliphatic carbocycles.